The molecule has 86 valence electrons. The van der Waals surface area contributed by atoms with Crippen LogP contribution in [0.5, 0.6) is 0 Å². The second kappa shape index (κ2) is 5.25. The number of hydrogen-bond donors (Lipinski definition) is 1. The van der Waals surface area contributed by atoms with E-state index in [1.807, 2.05) is 30.3 Å². The van der Waals surface area contributed by atoms with Gasteiger partial charge in [0.15, 0.2) is 0 Å². The predicted molar refractivity (Wildman–Crippen MR) is 69.0 cm³/mol. The summed E-state index contributed by atoms with van der Waals surface area (Å²) in [5, 5.41) is 9.61. The van der Waals surface area contributed by atoms with Gasteiger partial charge in [0.05, 0.1) is 5.56 Å². The lowest BCUT2D eigenvalue weighted by Gasteiger charge is -2.06. The summed E-state index contributed by atoms with van der Waals surface area (Å²) in [6, 6.07) is 14.4. The van der Waals surface area contributed by atoms with Crippen LogP contribution in [-0.2, 0) is 0 Å². The van der Waals surface area contributed by atoms with Crippen LogP contribution in [0.3, 0.4) is 0 Å². The Labute approximate surface area is 108 Å². The van der Waals surface area contributed by atoms with Crippen LogP contribution in [0.4, 0.5) is 0 Å². The van der Waals surface area contributed by atoms with Crippen molar-refractivity contribution in [2.75, 3.05) is 0 Å². The molecule has 0 bridgehead atoms. The molecule has 0 saturated heterocycles. The highest BCUT2D eigenvalue weighted by atomic mass is 35.5. The zero-order chi connectivity index (χ0) is 12.3. The minimum absolute atomic E-state index is 0.267. The van der Waals surface area contributed by atoms with E-state index < -0.39 is 5.97 Å². The molecule has 0 fully saturated rings. The van der Waals surface area contributed by atoms with E-state index >= 15 is 0 Å². The minimum atomic E-state index is -0.944. The number of carbonyl (C=O) groups is 1. The van der Waals surface area contributed by atoms with Crippen molar-refractivity contribution in [1.29, 1.82) is 0 Å². The highest BCUT2D eigenvalue weighted by Gasteiger charge is 2.11. The van der Waals surface area contributed by atoms with Gasteiger partial charge >= 0.3 is 5.97 Å². The lowest BCUT2D eigenvalue weighted by atomic mass is 10.2. The van der Waals surface area contributed by atoms with E-state index in [9.17, 15) is 4.79 Å². The average molecular weight is 265 g/mol. The Hall–Kier alpha value is -1.45. The lowest BCUT2D eigenvalue weighted by Crippen LogP contribution is -1.98. The van der Waals surface area contributed by atoms with E-state index in [4.69, 9.17) is 16.7 Å². The van der Waals surface area contributed by atoms with E-state index in [2.05, 4.69) is 0 Å². The van der Waals surface area contributed by atoms with Gasteiger partial charge < -0.3 is 5.11 Å². The zero-order valence-corrected chi connectivity index (χ0v) is 10.3. The number of halogens is 1. The van der Waals surface area contributed by atoms with Crippen molar-refractivity contribution >= 4 is 29.3 Å². The number of carboxylic acid groups (broad SMARTS) is 1. The van der Waals surface area contributed by atoms with Crippen LogP contribution in [0.15, 0.2) is 58.3 Å². The fourth-order valence-electron chi connectivity index (χ4n) is 1.37. The monoisotopic (exact) mass is 264 g/mol. The number of aromatic carboxylic acids is 1. The van der Waals surface area contributed by atoms with Gasteiger partial charge in [0, 0.05) is 14.8 Å². The Balaban J connectivity index is 2.37. The molecule has 2 nitrogen and oxygen atoms in total. The normalized spacial score (nSPS) is 10.2. The second-order valence-electron chi connectivity index (χ2n) is 3.36. The quantitative estimate of drug-likeness (QED) is 0.903. The van der Waals surface area contributed by atoms with Crippen LogP contribution < -0.4 is 0 Å². The highest BCUT2D eigenvalue weighted by Crippen LogP contribution is 2.32. The molecule has 0 aliphatic rings. The van der Waals surface area contributed by atoms with Gasteiger partial charge in [-0.05, 0) is 30.3 Å². The zero-order valence-electron chi connectivity index (χ0n) is 8.76. The Bertz CT molecular complexity index is 540. The molecule has 0 aromatic heterocycles. The molecule has 0 spiro atoms. The van der Waals surface area contributed by atoms with Crippen LogP contribution in [0.1, 0.15) is 10.4 Å². The van der Waals surface area contributed by atoms with Gasteiger partial charge in [0.1, 0.15) is 0 Å². The molecule has 0 aliphatic carbocycles. The fraction of sp³-hybridized carbons (Fsp3) is 0. The molecule has 17 heavy (non-hydrogen) atoms. The van der Waals surface area contributed by atoms with E-state index in [-0.39, 0.29) is 5.56 Å². The first-order chi connectivity index (χ1) is 8.16. The molecule has 2 rings (SSSR count). The number of benzene rings is 2. The Morgan fingerprint density at radius 1 is 1.12 bits per heavy atom. The third kappa shape index (κ3) is 3.02. The van der Waals surface area contributed by atoms with Crippen LogP contribution in [0.2, 0.25) is 5.02 Å². The molecule has 2 aromatic carbocycles. The molecule has 1 N–H and O–H groups in total. The van der Waals surface area contributed by atoms with Gasteiger partial charge in [0.2, 0.25) is 0 Å². The Kier molecular flexibility index (Phi) is 3.71. The maximum atomic E-state index is 11.1. The molecule has 0 atom stereocenters. The first kappa shape index (κ1) is 12.0. The Morgan fingerprint density at radius 3 is 2.47 bits per heavy atom. The molecule has 0 heterocycles. The molecule has 0 unspecified atom stereocenters. The molecule has 0 amide bonds. The van der Waals surface area contributed by atoms with Crippen molar-refractivity contribution in [3.8, 4) is 0 Å². The summed E-state index contributed by atoms with van der Waals surface area (Å²) < 4.78 is 0. The molecule has 0 radical (unpaired) electrons. The standard InChI is InChI=1S/C13H9ClO2S/c14-9-6-7-11(13(15)16)12(8-9)17-10-4-2-1-3-5-10/h1-8H,(H,15,16). The largest absolute Gasteiger partial charge is 0.478 e. The predicted octanol–water partition coefficient (Wildman–Crippen LogP) is 4.19. The van der Waals surface area contributed by atoms with Gasteiger partial charge in [-0.25, -0.2) is 4.79 Å². The van der Waals surface area contributed by atoms with Crippen molar-refractivity contribution in [1.82, 2.24) is 0 Å². The van der Waals surface area contributed by atoms with Crippen molar-refractivity contribution in [2.45, 2.75) is 9.79 Å². The Morgan fingerprint density at radius 2 is 1.82 bits per heavy atom. The van der Waals surface area contributed by atoms with Gasteiger partial charge in [-0.2, -0.15) is 0 Å². The van der Waals surface area contributed by atoms with E-state index in [1.54, 1.807) is 12.1 Å². The topological polar surface area (TPSA) is 37.3 Å². The molecule has 4 heteroatoms. The molecular weight excluding hydrogens is 256 g/mol. The van der Waals surface area contributed by atoms with E-state index in [1.165, 1.54) is 17.8 Å². The molecule has 0 aliphatic heterocycles. The molecule has 2 aromatic rings. The summed E-state index contributed by atoms with van der Waals surface area (Å²) in [5.74, 6) is -0.944. The summed E-state index contributed by atoms with van der Waals surface area (Å²) in [6.45, 7) is 0. The van der Waals surface area contributed by atoms with Crippen molar-refractivity contribution in [3.63, 3.8) is 0 Å². The van der Waals surface area contributed by atoms with Crippen molar-refractivity contribution in [2.24, 2.45) is 0 Å². The summed E-state index contributed by atoms with van der Waals surface area (Å²) in [7, 11) is 0. The number of rotatable bonds is 3. The average Bonchev–Trinajstić information content (AvgIpc) is 2.30. The lowest BCUT2D eigenvalue weighted by molar-refractivity contribution is 0.0693. The van der Waals surface area contributed by atoms with Crippen LogP contribution in [-0.4, -0.2) is 11.1 Å². The van der Waals surface area contributed by atoms with Crippen molar-refractivity contribution < 1.29 is 9.90 Å². The first-order valence-electron chi connectivity index (χ1n) is 4.92. The molecular formula is C13H9ClO2S. The van der Waals surface area contributed by atoms with Crippen molar-refractivity contribution in [3.05, 3.63) is 59.1 Å². The molecule has 0 saturated carbocycles. The maximum Gasteiger partial charge on any atom is 0.336 e. The fourth-order valence-corrected chi connectivity index (χ4v) is 2.61. The van der Waals surface area contributed by atoms with Crippen LogP contribution in [0.25, 0.3) is 0 Å². The summed E-state index contributed by atoms with van der Waals surface area (Å²) in [5.41, 5.74) is 0.267. The first-order valence-corrected chi connectivity index (χ1v) is 6.12. The third-order valence-electron chi connectivity index (χ3n) is 2.15. The van der Waals surface area contributed by atoms with Crippen LogP contribution in [0, 0.1) is 0 Å². The van der Waals surface area contributed by atoms with Gasteiger partial charge in [-0.15, -0.1) is 0 Å². The number of carboxylic acids is 1. The minimum Gasteiger partial charge on any atom is -0.478 e. The highest BCUT2D eigenvalue weighted by molar-refractivity contribution is 7.99. The van der Waals surface area contributed by atoms with Gasteiger partial charge in [-0.1, -0.05) is 41.6 Å². The van der Waals surface area contributed by atoms with E-state index in [0.29, 0.717) is 9.92 Å². The van der Waals surface area contributed by atoms with Gasteiger partial charge in [-0.3, -0.25) is 0 Å². The summed E-state index contributed by atoms with van der Waals surface area (Å²) in [4.78, 5) is 12.7. The van der Waals surface area contributed by atoms with Gasteiger partial charge in [0.25, 0.3) is 0 Å². The smallest absolute Gasteiger partial charge is 0.336 e. The van der Waals surface area contributed by atoms with Crippen LogP contribution >= 0.6 is 23.4 Å². The summed E-state index contributed by atoms with van der Waals surface area (Å²) >= 11 is 7.27. The third-order valence-corrected chi connectivity index (χ3v) is 3.45. The summed E-state index contributed by atoms with van der Waals surface area (Å²) in [6.07, 6.45) is 0. The maximum absolute atomic E-state index is 11.1. The van der Waals surface area contributed by atoms with E-state index in [0.717, 1.165) is 4.90 Å². The second-order valence-corrected chi connectivity index (χ2v) is 4.91. The number of hydrogen-bond acceptors (Lipinski definition) is 2. The SMILES string of the molecule is O=C(O)c1ccc(Cl)cc1Sc1ccccc1.